The minimum atomic E-state index is 0.187. The van der Waals surface area contributed by atoms with Gasteiger partial charge in [-0.15, -0.1) is 0 Å². The molecule has 3 heteroatoms. The van der Waals surface area contributed by atoms with E-state index in [2.05, 4.69) is 70.9 Å². The van der Waals surface area contributed by atoms with Crippen LogP contribution in [0.25, 0.3) is 0 Å². The average molecular weight is 308 g/mol. The highest BCUT2D eigenvalue weighted by molar-refractivity contribution is 5.76. The minimum Gasteiger partial charge on any atom is -0.356 e. The first-order valence-electron chi connectivity index (χ1n) is 8.40. The number of nitrogens with zero attached hydrogens (tertiary/aromatic N) is 1. The number of benzene rings is 2. The van der Waals surface area contributed by atoms with Gasteiger partial charge in [-0.05, 0) is 24.0 Å². The molecule has 1 aliphatic rings. The molecule has 120 valence electrons. The van der Waals surface area contributed by atoms with Crippen molar-refractivity contribution < 1.29 is 4.79 Å². The van der Waals surface area contributed by atoms with Crippen LogP contribution >= 0.6 is 0 Å². The molecule has 0 bridgehead atoms. The lowest BCUT2D eigenvalue weighted by molar-refractivity contribution is -0.120. The molecule has 0 radical (unpaired) electrons. The lowest BCUT2D eigenvalue weighted by Gasteiger charge is -2.31. The maximum Gasteiger partial charge on any atom is 0.220 e. The van der Waals surface area contributed by atoms with Crippen molar-refractivity contribution in [1.29, 1.82) is 0 Å². The molecule has 1 N–H and O–H groups in total. The van der Waals surface area contributed by atoms with Crippen LogP contribution in [0.2, 0.25) is 0 Å². The second-order valence-corrected chi connectivity index (χ2v) is 6.21. The molecule has 1 atom stereocenters. The molecule has 0 aliphatic carbocycles. The summed E-state index contributed by atoms with van der Waals surface area (Å²) in [7, 11) is 0. The van der Waals surface area contributed by atoms with Crippen LogP contribution in [0.1, 0.15) is 30.4 Å². The Balaban J connectivity index is 1.76. The van der Waals surface area contributed by atoms with Crippen LogP contribution in [-0.4, -0.2) is 23.4 Å². The molecule has 1 unspecified atom stereocenters. The second kappa shape index (κ2) is 7.93. The summed E-state index contributed by atoms with van der Waals surface area (Å²) in [6.45, 7) is 2.63. The topological polar surface area (TPSA) is 32.3 Å². The van der Waals surface area contributed by atoms with Gasteiger partial charge in [0, 0.05) is 32.1 Å². The summed E-state index contributed by atoms with van der Waals surface area (Å²) < 4.78 is 0. The molecule has 0 spiro atoms. The first kappa shape index (κ1) is 15.8. The predicted molar refractivity (Wildman–Crippen MR) is 92.8 cm³/mol. The fraction of sp³-hybridized carbons (Fsp3) is 0.350. The highest BCUT2D eigenvalue weighted by atomic mass is 16.1. The van der Waals surface area contributed by atoms with Gasteiger partial charge in [-0.25, -0.2) is 0 Å². The molecule has 3 rings (SSSR count). The van der Waals surface area contributed by atoms with Gasteiger partial charge in [0.15, 0.2) is 0 Å². The molecule has 2 aromatic carbocycles. The predicted octanol–water partition coefficient (Wildman–Crippen LogP) is 3.36. The lowest BCUT2D eigenvalue weighted by atomic mass is 10.0. The van der Waals surface area contributed by atoms with Crippen molar-refractivity contribution >= 4 is 5.91 Å². The quantitative estimate of drug-likeness (QED) is 0.918. The molecule has 23 heavy (non-hydrogen) atoms. The van der Waals surface area contributed by atoms with E-state index in [0.29, 0.717) is 12.5 Å². The van der Waals surface area contributed by atoms with Gasteiger partial charge in [-0.3, -0.25) is 9.69 Å². The number of rotatable bonds is 5. The zero-order chi connectivity index (χ0) is 15.9. The Morgan fingerprint density at radius 1 is 0.870 bits per heavy atom. The van der Waals surface area contributed by atoms with Crippen molar-refractivity contribution in [2.75, 3.05) is 6.54 Å². The molecule has 2 aromatic rings. The molecule has 0 saturated carbocycles. The molecule has 1 aliphatic heterocycles. The highest BCUT2D eigenvalue weighted by Gasteiger charge is 2.22. The number of amides is 1. The maximum absolute atomic E-state index is 11.6. The van der Waals surface area contributed by atoms with E-state index in [1.807, 2.05) is 0 Å². The third-order valence-electron chi connectivity index (χ3n) is 4.48. The molecule has 1 fully saturated rings. The van der Waals surface area contributed by atoms with Gasteiger partial charge in [0.1, 0.15) is 0 Å². The molecule has 3 nitrogen and oxygen atoms in total. The summed E-state index contributed by atoms with van der Waals surface area (Å²) in [6.07, 6.45) is 2.58. The van der Waals surface area contributed by atoms with E-state index in [9.17, 15) is 4.79 Å². The summed E-state index contributed by atoms with van der Waals surface area (Å²) in [6, 6.07) is 21.6. The van der Waals surface area contributed by atoms with Crippen LogP contribution in [0, 0.1) is 0 Å². The number of hydrogen-bond donors (Lipinski definition) is 1. The van der Waals surface area contributed by atoms with Crippen molar-refractivity contribution in [2.45, 2.75) is 38.4 Å². The third-order valence-corrected chi connectivity index (χ3v) is 4.48. The number of nitrogens with one attached hydrogen (secondary N) is 1. The minimum absolute atomic E-state index is 0.187. The third kappa shape index (κ3) is 4.67. The van der Waals surface area contributed by atoms with E-state index in [1.165, 1.54) is 11.1 Å². The van der Waals surface area contributed by atoms with Crippen LogP contribution in [0.15, 0.2) is 60.7 Å². The highest BCUT2D eigenvalue weighted by Crippen LogP contribution is 2.20. The van der Waals surface area contributed by atoms with Gasteiger partial charge >= 0.3 is 0 Å². The Bertz CT molecular complexity index is 571. The van der Waals surface area contributed by atoms with Crippen LogP contribution in [-0.2, 0) is 17.9 Å². The summed E-state index contributed by atoms with van der Waals surface area (Å²) in [5.41, 5.74) is 2.65. The largest absolute Gasteiger partial charge is 0.356 e. The Labute approximate surface area is 138 Å². The van der Waals surface area contributed by atoms with Crippen molar-refractivity contribution in [1.82, 2.24) is 10.2 Å². The average Bonchev–Trinajstić information content (AvgIpc) is 2.81. The number of carbonyl (C=O) groups excluding carboxylic acids is 1. The van der Waals surface area contributed by atoms with Crippen molar-refractivity contribution in [3.63, 3.8) is 0 Å². The van der Waals surface area contributed by atoms with Gasteiger partial charge < -0.3 is 5.32 Å². The molecule has 1 saturated heterocycles. The van der Waals surface area contributed by atoms with Gasteiger partial charge in [0.05, 0.1) is 0 Å². The van der Waals surface area contributed by atoms with Crippen molar-refractivity contribution in [3.05, 3.63) is 71.8 Å². The lowest BCUT2D eigenvalue weighted by Crippen LogP contribution is -2.35. The Kier molecular flexibility index (Phi) is 5.43. The summed E-state index contributed by atoms with van der Waals surface area (Å²) in [5.74, 6) is 0.187. The van der Waals surface area contributed by atoms with Crippen LogP contribution < -0.4 is 5.32 Å². The van der Waals surface area contributed by atoms with Crippen molar-refractivity contribution in [2.24, 2.45) is 0 Å². The molecular formula is C20H24N2O. The van der Waals surface area contributed by atoms with E-state index < -0.39 is 0 Å². The van der Waals surface area contributed by atoms with E-state index in [1.54, 1.807) is 0 Å². The molecule has 1 amide bonds. The van der Waals surface area contributed by atoms with Gasteiger partial charge in [0.2, 0.25) is 5.91 Å². The van der Waals surface area contributed by atoms with E-state index >= 15 is 0 Å². The zero-order valence-electron chi connectivity index (χ0n) is 13.4. The normalized spacial score (nSPS) is 18.5. The summed E-state index contributed by atoms with van der Waals surface area (Å²) in [4.78, 5) is 14.2. The van der Waals surface area contributed by atoms with Gasteiger partial charge in [-0.2, -0.15) is 0 Å². The van der Waals surface area contributed by atoms with Gasteiger partial charge in [-0.1, -0.05) is 60.7 Å². The Morgan fingerprint density at radius 2 is 1.43 bits per heavy atom. The monoisotopic (exact) mass is 308 g/mol. The number of hydrogen-bond acceptors (Lipinski definition) is 2. The Morgan fingerprint density at radius 3 is 2.00 bits per heavy atom. The molecular weight excluding hydrogens is 284 g/mol. The SMILES string of the molecule is O=C1CCC(N(Cc2ccccc2)Cc2ccccc2)CCN1. The number of carbonyl (C=O) groups is 1. The van der Waals surface area contributed by atoms with E-state index in [-0.39, 0.29) is 5.91 Å². The first-order valence-corrected chi connectivity index (χ1v) is 8.40. The smallest absolute Gasteiger partial charge is 0.220 e. The van der Waals surface area contributed by atoms with Gasteiger partial charge in [0.25, 0.3) is 0 Å². The van der Waals surface area contributed by atoms with Crippen LogP contribution in [0.4, 0.5) is 0 Å². The van der Waals surface area contributed by atoms with E-state index in [0.717, 1.165) is 32.5 Å². The summed E-state index contributed by atoms with van der Waals surface area (Å²) >= 11 is 0. The van der Waals surface area contributed by atoms with Crippen LogP contribution in [0.3, 0.4) is 0 Å². The fourth-order valence-corrected chi connectivity index (χ4v) is 3.22. The Hall–Kier alpha value is -2.13. The second-order valence-electron chi connectivity index (χ2n) is 6.21. The molecule has 1 heterocycles. The van der Waals surface area contributed by atoms with Crippen LogP contribution in [0.5, 0.6) is 0 Å². The summed E-state index contributed by atoms with van der Waals surface area (Å²) in [5, 5.41) is 2.99. The van der Waals surface area contributed by atoms with E-state index in [4.69, 9.17) is 0 Å². The van der Waals surface area contributed by atoms with Crippen molar-refractivity contribution in [3.8, 4) is 0 Å². The zero-order valence-corrected chi connectivity index (χ0v) is 13.4. The first-order chi connectivity index (χ1) is 11.3. The maximum atomic E-state index is 11.6. The standard InChI is InChI=1S/C20H24N2O/c23-20-12-11-19(13-14-21-20)22(15-17-7-3-1-4-8-17)16-18-9-5-2-6-10-18/h1-10,19H,11-16H2,(H,21,23). The molecule has 0 aromatic heterocycles. The fourth-order valence-electron chi connectivity index (χ4n) is 3.22.